The van der Waals surface area contributed by atoms with Gasteiger partial charge in [0.1, 0.15) is 24.7 Å². The van der Waals surface area contributed by atoms with E-state index < -0.39 is 23.9 Å². The van der Waals surface area contributed by atoms with E-state index >= 15 is 0 Å². The molecule has 0 saturated heterocycles. The van der Waals surface area contributed by atoms with E-state index in [1.54, 1.807) is 48.7 Å². The van der Waals surface area contributed by atoms with Crippen molar-refractivity contribution in [2.24, 2.45) is 0 Å². The smallest absolute Gasteiger partial charge is 0.345 e. The van der Waals surface area contributed by atoms with Crippen molar-refractivity contribution in [2.75, 3.05) is 0 Å². The predicted octanol–water partition coefficient (Wildman–Crippen LogP) is 7.19. The zero-order valence-corrected chi connectivity index (χ0v) is 27.1. The minimum atomic E-state index is -0.942. The van der Waals surface area contributed by atoms with Crippen LogP contribution in [0.5, 0.6) is 11.5 Å². The largest absolute Gasteiger partial charge is 0.508 e. The molecule has 2 aromatic heterocycles. The molecule has 6 rings (SSSR count). The third-order valence-corrected chi connectivity index (χ3v) is 6.63. The molecule has 0 unspecified atom stereocenters. The molecule has 0 saturated carbocycles. The predicted molar refractivity (Wildman–Crippen MR) is 186 cm³/mol. The number of carbonyl (C=O) groups excluding carboxylic acids is 3. The number of carboxylic acid groups (broad SMARTS) is 1. The molecule has 0 amide bonds. The summed E-state index contributed by atoms with van der Waals surface area (Å²) in [5.41, 5.74) is 3.25. The number of ether oxygens (including phenoxy) is 3. The van der Waals surface area contributed by atoms with Crippen LogP contribution in [0, 0.1) is 0 Å². The molecule has 0 atom stereocenters. The third-order valence-electron chi connectivity index (χ3n) is 6.63. The Morgan fingerprint density at radius 2 is 0.941 bits per heavy atom. The van der Waals surface area contributed by atoms with Gasteiger partial charge in [0.15, 0.2) is 0 Å². The van der Waals surface area contributed by atoms with E-state index in [-0.39, 0.29) is 24.5 Å². The van der Waals surface area contributed by atoms with Gasteiger partial charge in [-0.3, -0.25) is 9.97 Å². The van der Waals surface area contributed by atoms with Crippen molar-refractivity contribution in [1.82, 2.24) is 9.97 Å². The fourth-order valence-electron chi connectivity index (χ4n) is 4.01. The number of carbonyl (C=O) groups is 4. The van der Waals surface area contributed by atoms with Gasteiger partial charge < -0.3 is 24.4 Å². The van der Waals surface area contributed by atoms with Gasteiger partial charge in [-0.05, 0) is 83.9 Å². The molecule has 6 aromatic rings. The van der Waals surface area contributed by atoms with Crippen LogP contribution in [-0.2, 0) is 22.7 Å². The lowest BCUT2D eigenvalue weighted by Crippen LogP contribution is -2.09. The molecule has 256 valence electrons. The average Bonchev–Trinajstić information content (AvgIpc) is 3.18. The molecule has 2 N–H and O–H groups in total. The van der Waals surface area contributed by atoms with Crippen LogP contribution in [0.1, 0.15) is 52.6 Å². The number of phenolic OH excluding ortho intramolecular Hbond substituents is 1. The van der Waals surface area contributed by atoms with E-state index in [1.165, 1.54) is 48.9 Å². The van der Waals surface area contributed by atoms with Gasteiger partial charge >= 0.3 is 23.9 Å². The van der Waals surface area contributed by atoms with Crippen molar-refractivity contribution < 1.29 is 43.6 Å². The number of benzene rings is 4. The van der Waals surface area contributed by atoms with Gasteiger partial charge in [-0.2, -0.15) is 0 Å². The summed E-state index contributed by atoms with van der Waals surface area (Å²) in [6.07, 6.45) is 5.85. The molecular weight excluding hydrogens is 652 g/mol. The van der Waals surface area contributed by atoms with Crippen LogP contribution in [0.3, 0.4) is 0 Å². The summed E-state index contributed by atoms with van der Waals surface area (Å²) in [4.78, 5) is 53.3. The second kappa shape index (κ2) is 19.6. The Kier molecular flexibility index (Phi) is 14.1. The van der Waals surface area contributed by atoms with Gasteiger partial charge in [-0.25, -0.2) is 19.2 Å². The number of nitrogens with zero attached hydrogens (tertiary/aromatic N) is 2. The Labute approximate surface area is 293 Å². The molecule has 0 spiro atoms. The first-order valence-corrected chi connectivity index (χ1v) is 15.3. The third kappa shape index (κ3) is 12.8. The topological polar surface area (TPSA) is 162 Å². The summed E-state index contributed by atoms with van der Waals surface area (Å²) in [6.45, 7) is 0.456. The van der Waals surface area contributed by atoms with Gasteiger partial charge in [-0.15, -0.1) is 0 Å². The molecule has 0 aliphatic heterocycles. The van der Waals surface area contributed by atoms with E-state index in [0.717, 1.165) is 11.1 Å². The second-order valence-electron chi connectivity index (χ2n) is 10.4. The molecule has 4 aromatic carbocycles. The van der Waals surface area contributed by atoms with Crippen molar-refractivity contribution in [1.29, 1.82) is 0 Å². The maximum absolute atomic E-state index is 12.0. The number of rotatable bonds is 9. The van der Waals surface area contributed by atoms with Crippen LogP contribution < -0.4 is 4.74 Å². The minimum absolute atomic E-state index is 0.129. The van der Waals surface area contributed by atoms with Crippen LogP contribution >= 0.6 is 0 Å². The Morgan fingerprint density at radius 1 is 0.490 bits per heavy atom. The Morgan fingerprint density at radius 3 is 1.35 bits per heavy atom. The molecule has 11 heteroatoms. The number of pyridine rings is 2. The number of hydrogen-bond donors (Lipinski definition) is 2. The second-order valence-corrected chi connectivity index (χ2v) is 10.4. The van der Waals surface area contributed by atoms with E-state index in [4.69, 9.17) is 24.4 Å². The molecular formula is C40H32N2O9. The van der Waals surface area contributed by atoms with Gasteiger partial charge in [0, 0.05) is 24.8 Å². The van der Waals surface area contributed by atoms with Crippen LogP contribution in [0.4, 0.5) is 0 Å². The number of hydrogen-bond acceptors (Lipinski definition) is 10. The highest BCUT2D eigenvalue weighted by Gasteiger charge is 2.11. The normalized spacial score (nSPS) is 9.80. The van der Waals surface area contributed by atoms with E-state index in [2.05, 4.69) is 9.97 Å². The lowest BCUT2D eigenvalue weighted by Gasteiger charge is -2.07. The van der Waals surface area contributed by atoms with Crippen LogP contribution in [0.2, 0.25) is 0 Å². The standard InChI is InChI=1S/C20H15NO4.C14H12O3.C6H5NO2/c22-19(24-14-15-5-2-1-3-6-15)16-8-10-18(11-9-16)25-20(23)17-7-4-12-21-13-17;15-13-8-6-12(7-9-13)14(16)17-10-11-4-2-1-3-5-11;8-6(9)5-2-1-3-7-4-5/h1-13H,14H2;1-9,15H,10H2;1-4H,(H,8,9). The molecule has 11 nitrogen and oxygen atoms in total. The number of aromatic nitrogens is 2. The quantitative estimate of drug-likeness (QED) is 0.117. The van der Waals surface area contributed by atoms with Crippen molar-refractivity contribution in [2.45, 2.75) is 13.2 Å². The maximum Gasteiger partial charge on any atom is 0.345 e. The number of aromatic hydroxyl groups is 1. The van der Waals surface area contributed by atoms with Crippen molar-refractivity contribution in [3.63, 3.8) is 0 Å². The zero-order valence-electron chi connectivity index (χ0n) is 27.1. The molecule has 0 bridgehead atoms. The first-order chi connectivity index (χ1) is 24.8. The van der Waals surface area contributed by atoms with Gasteiger partial charge in [0.25, 0.3) is 0 Å². The number of phenols is 1. The van der Waals surface area contributed by atoms with Gasteiger partial charge in [0.05, 0.1) is 22.3 Å². The molecule has 0 fully saturated rings. The van der Waals surface area contributed by atoms with Crippen LogP contribution in [0.25, 0.3) is 0 Å². The monoisotopic (exact) mass is 684 g/mol. The van der Waals surface area contributed by atoms with Crippen molar-refractivity contribution >= 4 is 23.9 Å². The van der Waals surface area contributed by atoms with E-state index in [1.807, 2.05) is 60.7 Å². The fraction of sp³-hybridized carbons (Fsp3) is 0.0500. The van der Waals surface area contributed by atoms with Crippen LogP contribution in [0.15, 0.2) is 158 Å². The van der Waals surface area contributed by atoms with E-state index in [9.17, 15) is 19.2 Å². The van der Waals surface area contributed by atoms with Crippen molar-refractivity contribution in [3.8, 4) is 11.5 Å². The lowest BCUT2D eigenvalue weighted by molar-refractivity contribution is 0.0464. The summed E-state index contributed by atoms with van der Waals surface area (Å²) >= 11 is 0. The highest BCUT2D eigenvalue weighted by atomic mass is 16.5. The summed E-state index contributed by atoms with van der Waals surface area (Å²) in [5.74, 6) is -1.81. The first kappa shape index (κ1) is 36.7. The van der Waals surface area contributed by atoms with Gasteiger partial charge in [-0.1, -0.05) is 60.7 Å². The minimum Gasteiger partial charge on any atom is -0.508 e. The molecule has 0 aliphatic rings. The van der Waals surface area contributed by atoms with E-state index in [0.29, 0.717) is 22.4 Å². The maximum atomic E-state index is 12.0. The first-order valence-electron chi connectivity index (χ1n) is 15.3. The summed E-state index contributed by atoms with van der Waals surface area (Å²) < 4.78 is 15.6. The summed E-state index contributed by atoms with van der Waals surface area (Å²) in [6, 6.07) is 37.4. The number of esters is 3. The molecule has 0 aliphatic carbocycles. The fourth-order valence-corrected chi connectivity index (χ4v) is 4.01. The zero-order chi connectivity index (χ0) is 36.3. The summed E-state index contributed by atoms with van der Waals surface area (Å²) in [7, 11) is 0. The Bertz CT molecular complexity index is 1970. The lowest BCUT2D eigenvalue weighted by atomic mass is 10.2. The van der Waals surface area contributed by atoms with Crippen LogP contribution in [-0.4, -0.2) is 44.1 Å². The molecule has 2 heterocycles. The summed E-state index contributed by atoms with van der Waals surface area (Å²) in [5, 5.41) is 17.4. The molecule has 0 radical (unpaired) electrons. The SMILES string of the molecule is O=C(O)c1cccnc1.O=C(OCc1ccccc1)c1ccc(O)cc1.O=C(OCc1ccccc1)c1ccc(OC(=O)c2cccnc2)cc1. The average molecular weight is 685 g/mol. The highest BCUT2D eigenvalue weighted by molar-refractivity contribution is 5.92. The highest BCUT2D eigenvalue weighted by Crippen LogP contribution is 2.16. The number of aromatic carboxylic acids is 1. The Hall–Kier alpha value is -7.14. The Balaban J connectivity index is 0.000000192. The van der Waals surface area contributed by atoms with Gasteiger partial charge in [0.2, 0.25) is 0 Å². The number of carboxylic acids is 1. The molecule has 51 heavy (non-hydrogen) atoms. The van der Waals surface area contributed by atoms with Crippen molar-refractivity contribution in [3.05, 3.63) is 192 Å².